The van der Waals surface area contributed by atoms with Crippen LogP contribution in [0.4, 0.5) is 0 Å². The maximum absolute atomic E-state index is 10.6. The summed E-state index contributed by atoms with van der Waals surface area (Å²) in [5, 5.41) is 0. The molecule has 0 bridgehead atoms. The number of hydrogen-bond donors (Lipinski definition) is 2. The molecular formula is C6H12O2S2. The Hall–Kier alpha value is 0.170. The molecule has 0 rings (SSSR count). The van der Waals surface area contributed by atoms with Crippen molar-refractivity contribution in [2.24, 2.45) is 0 Å². The van der Waals surface area contributed by atoms with E-state index < -0.39 is 0 Å². The number of hydrogen-bond acceptors (Lipinski definition) is 4. The molecule has 0 aromatic heterocycles. The Morgan fingerprint density at radius 3 is 2.50 bits per heavy atom. The maximum Gasteiger partial charge on any atom is 0.306 e. The standard InChI is InChI=1S/C6H12O2S2/c7-6(8-5-10)3-1-2-4-9/h9-10H,1-5H2. The van der Waals surface area contributed by atoms with Gasteiger partial charge >= 0.3 is 5.97 Å². The van der Waals surface area contributed by atoms with Gasteiger partial charge in [0.1, 0.15) is 5.94 Å². The van der Waals surface area contributed by atoms with Crippen molar-refractivity contribution in [3.05, 3.63) is 0 Å². The Labute approximate surface area is 72.1 Å². The molecule has 0 atom stereocenters. The molecule has 0 N–H and O–H groups in total. The molecule has 0 aliphatic heterocycles. The Morgan fingerprint density at radius 1 is 1.30 bits per heavy atom. The summed E-state index contributed by atoms with van der Waals surface area (Å²) in [6.45, 7) is 0. The van der Waals surface area contributed by atoms with Crippen LogP contribution in [0, 0.1) is 0 Å². The molecule has 4 heteroatoms. The fourth-order valence-electron chi connectivity index (χ4n) is 0.525. The number of carbonyl (C=O) groups is 1. The zero-order chi connectivity index (χ0) is 7.82. The number of rotatable bonds is 5. The summed E-state index contributed by atoms with van der Waals surface area (Å²) in [6.07, 6.45) is 2.31. The zero-order valence-corrected chi connectivity index (χ0v) is 7.54. The minimum atomic E-state index is -0.170. The second-order valence-corrected chi connectivity index (χ2v) is 2.53. The molecule has 0 saturated carbocycles. The molecule has 0 aliphatic rings. The normalized spacial score (nSPS) is 9.40. The third kappa shape index (κ3) is 6.29. The molecule has 0 fully saturated rings. The topological polar surface area (TPSA) is 26.3 Å². The first-order chi connectivity index (χ1) is 4.81. The van der Waals surface area contributed by atoms with Crippen LogP contribution in [0.3, 0.4) is 0 Å². The van der Waals surface area contributed by atoms with Crippen LogP contribution in [0.25, 0.3) is 0 Å². The van der Waals surface area contributed by atoms with Crippen LogP contribution in [-0.4, -0.2) is 17.7 Å². The van der Waals surface area contributed by atoms with Gasteiger partial charge in [-0.2, -0.15) is 12.6 Å². The van der Waals surface area contributed by atoms with Crippen molar-refractivity contribution in [2.45, 2.75) is 19.3 Å². The van der Waals surface area contributed by atoms with Crippen LogP contribution < -0.4 is 0 Å². The Kier molecular flexibility index (Phi) is 7.40. The van der Waals surface area contributed by atoms with Gasteiger partial charge in [0, 0.05) is 6.42 Å². The molecule has 0 aliphatic carbocycles. The summed E-state index contributed by atoms with van der Waals surface area (Å²) < 4.78 is 4.59. The van der Waals surface area contributed by atoms with E-state index in [4.69, 9.17) is 0 Å². The molecule has 0 saturated heterocycles. The summed E-state index contributed by atoms with van der Waals surface area (Å²) in [5.74, 6) is 0.838. The zero-order valence-electron chi connectivity index (χ0n) is 5.75. The van der Waals surface area contributed by atoms with Gasteiger partial charge < -0.3 is 4.74 Å². The van der Waals surface area contributed by atoms with Gasteiger partial charge in [0.2, 0.25) is 0 Å². The van der Waals surface area contributed by atoms with Gasteiger partial charge in [-0.3, -0.25) is 4.79 Å². The second kappa shape index (κ2) is 7.28. The number of thiol groups is 2. The molecule has 0 radical (unpaired) electrons. The highest BCUT2D eigenvalue weighted by Crippen LogP contribution is 1.98. The van der Waals surface area contributed by atoms with Crippen molar-refractivity contribution in [2.75, 3.05) is 11.7 Å². The molecule has 60 valence electrons. The lowest BCUT2D eigenvalue weighted by Gasteiger charge is -1.98. The van der Waals surface area contributed by atoms with Crippen LogP contribution in [-0.2, 0) is 9.53 Å². The fraction of sp³-hybridized carbons (Fsp3) is 0.833. The molecule has 0 aromatic carbocycles. The van der Waals surface area contributed by atoms with Crippen molar-refractivity contribution >= 4 is 31.2 Å². The number of unbranched alkanes of at least 4 members (excludes halogenated alkanes) is 1. The molecule has 0 heterocycles. The lowest BCUT2D eigenvalue weighted by molar-refractivity contribution is -0.141. The number of esters is 1. The predicted molar refractivity (Wildman–Crippen MR) is 47.6 cm³/mol. The van der Waals surface area contributed by atoms with Crippen LogP contribution in [0.15, 0.2) is 0 Å². The fourth-order valence-corrected chi connectivity index (χ4v) is 0.893. The first-order valence-corrected chi connectivity index (χ1v) is 4.45. The van der Waals surface area contributed by atoms with Gasteiger partial charge in [0.15, 0.2) is 0 Å². The summed E-state index contributed by atoms with van der Waals surface area (Å²) >= 11 is 7.75. The van der Waals surface area contributed by atoms with Crippen LogP contribution in [0.5, 0.6) is 0 Å². The summed E-state index contributed by atoms with van der Waals surface area (Å²) in [5.41, 5.74) is 0. The first-order valence-electron chi connectivity index (χ1n) is 3.18. The molecule has 0 aromatic rings. The van der Waals surface area contributed by atoms with Gasteiger partial charge in [-0.1, -0.05) is 0 Å². The first kappa shape index (κ1) is 10.2. The van der Waals surface area contributed by atoms with Gasteiger partial charge in [0.05, 0.1) is 0 Å². The lowest BCUT2D eigenvalue weighted by Crippen LogP contribution is -2.02. The highest BCUT2D eigenvalue weighted by molar-refractivity contribution is 7.80. The van der Waals surface area contributed by atoms with Gasteiger partial charge in [0.25, 0.3) is 0 Å². The van der Waals surface area contributed by atoms with Gasteiger partial charge in [-0.25, -0.2) is 0 Å². The smallest absolute Gasteiger partial charge is 0.306 e. The number of ether oxygens (including phenoxy) is 1. The highest BCUT2D eigenvalue weighted by atomic mass is 32.1. The third-order valence-electron chi connectivity index (χ3n) is 1.01. The van der Waals surface area contributed by atoms with Crippen LogP contribution in [0.2, 0.25) is 0 Å². The molecule has 2 nitrogen and oxygen atoms in total. The summed E-state index contributed by atoms with van der Waals surface area (Å²) in [7, 11) is 0. The maximum atomic E-state index is 10.6. The van der Waals surface area contributed by atoms with E-state index >= 15 is 0 Å². The predicted octanol–water partition coefficient (Wildman–Crippen LogP) is 1.52. The van der Waals surface area contributed by atoms with E-state index in [1.165, 1.54) is 0 Å². The average molecular weight is 180 g/mol. The van der Waals surface area contributed by atoms with Crippen molar-refractivity contribution in [3.63, 3.8) is 0 Å². The van der Waals surface area contributed by atoms with E-state index in [-0.39, 0.29) is 11.9 Å². The Bertz CT molecular complexity index is 95.7. The van der Waals surface area contributed by atoms with Crippen LogP contribution >= 0.6 is 25.3 Å². The lowest BCUT2D eigenvalue weighted by atomic mass is 10.2. The molecule has 10 heavy (non-hydrogen) atoms. The number of carbonyl (C=O) groups excluding carboxylic acids is 1. The van der Waals surface area contributed by atoms with E-state index in [0.29, 0.717) is 6.42 Å². The third-order valence-corrected chi connectivity index (χ3v) is 1.46. The molecular weight excluding hydrogens is 168 g/mol. The molecule has 0 amide bonds. The Morgan fingerprint density at radius 2 is 2.00 bits per heavy atom. The van der Waals surface area contributed by atoms with Crippen molar-refractivity contribution in [3.8, 4) is 0 Å². The van der Waals surface area contributed by atoms with E-state index in [1.807, 2.05) is 0 Å². The minimum absolute atomic E-state index is 0.170. The summed E-state index contributed by atoms with van der Waals surface area (Å²) in [4.78, 5) is 10.6. The second-order valence-electron chi connectivity index (χ2n) is 1.83. The summed E-state index contributed by atoms with van der Waals surface area (Å²) in [6, 6.07) is 0. The average Bonchev–Trinajstić information content (AvgIpc) is 1.89. The molecule has 0 spiro atoms. The molecule has 0 unspecified atom stereocenters. The minimum Gasteiger partial charge on any atom is -0.455 e. The van der Waals surface area contributed by atoms with E-state index in [1.54, 1.807) is 0 Å². The van der Waals surface area contributed by atoms with Crippen LogP contribution in [0.1, 0.15) is 19.3 Å². The van der Waals surface area contributed by atoms with Crippen molar-refractivity contribution in [1.29, 1.82) is 0 Å². The van der Waals surface area contributed by atoms with Crippen molar-refractivity contribution < 1.29 is 9.53 Å². The quantitative estimate of drug-likeness (QED) is 0.290. The van der Waals surface area contributed by atoms with E-state index in [9.17, 15) is 4.79 Å². The largest absolute Gasteiger partial charge is 0.455 e. The van der Waals surface area contributed by atoms with E-state index in [2.05, 4.69) is 30.0 Å². The monoisotopic (exact) mass is 180 g/mol. The van der Waals surface area contributed by atoms with Crippen molar-refractivity contribution in [1.82, 2.24) is 0 Å². The SMILES string of the molecule is O=C(CCCCS)OCS. The van der Waals surface area contributed by atoms with Gasteiger partial charge in [-0.15, -0.1) is 12.6 Å². The Balaban J connectivity index is 3.05. The highest BCUT2D eigenvalue weighted by Gasteiger charge is 1.98. The van der Waals surface area contributed by atoms with E-state index in [0.717, 1.165) is 18.6 Å². The van der Waals surface area contributed by atoms with Gasteiger partial charge in [-0.05, 0) is 18.6 Å².